The van der Waals surface area contributed by atoms with E-state index in [1.54, 1.807) is 6.08 Å². The Kier molecular flexibility index (Phi) is 45.4. The minimum atomic E-state index is -4.36. The van der Waals surface area contributed by atoms with Gasteiger partial charge in [-0.2, -0.15) is 0 Å². The molecule has 0 aromatic heterocycles. The second-order valence-corrected chi connectivity index (χ2v) is 21.0. The number of nitrogens with one attached hydrogen (secondary N) is 1. The van der Waals surface area contributed by atoms with Crippen LogP contribution in [-0.4, -0.2) is 73.4 Å². The van der Waals surface area contributed by atoms with E-state index < -0.39 is 20.0 Å². The minimum Gasteiger partial charge on any atom is -0.387 e. The van der Waals surface area contributed by atoms with Gasteiger partial charge in [-0.25, -0.2) is 4.57 Å². The van der Waals surface area contributed by atoms with Crippen LogP contribution in [0.4, 0.5) is 0 Å². The molecule has 64 heavy (non-hydrogen) atoms. The Morgan fingerprint density at radius 2 is 0.859 bits per heavy atom. The number of aliphatic hydroxyl groups is 1. The van der Waals surface area contributed by atoms with Gasteiger partial charge in [-0.05, 0) is 70.6 Å². The van der Waals surface area contributed by atoms with E-state index in [0.29, 0.717) is 17.4 Å². The molecule has 0 spiro atoms. The van der Waals surface area contributed by atoms with Crippen molar-refractivity contribution in [2.45, 2.75) is 257 Å². The molecule has 3 unspecified atom stereocenters. The van der Waals surface area contributed by atoms with Gasteiger partial charge in [-0.3, -0.25) is 13.8 Å². The molecule has 0 saturated heterocycles. The van der Waals surface area contributed by atoms with Crippen LogP contribution < -0.4 is 5.32 Å². The Morgan fingerprint density at radius 3 is 1.25 bits per heavy atom. The third-order valence-corrected chi connectivity index (χ3v) is 13.0. The molecular formula is C55H106N2O6P+. The number of nitrogens with zero attached hydrogens (tertiary/aromatic N) is 1. The van der Waals surface area contributed by atoms with Crippen LogP contribution >= 0.6 is 7.82 Å². The van der Waals surface area contributed by atoms with Crippen molar-refractivity contribution in [3.63, 3.8) is 0 Å². The highest BCUT2D eigenvalue weighted by Crippen LogP contribution is 2.43. The normalized spacial score (nSPS) is 14.4. The van der Waals surface area contributed by atoms with E-state index in [0.717, 1.165) is 57.8 Å². The van der Waals surface area contributed by atoms with Crippen LogP contribution in [0.25, 0.3) is 0 Å². The maximum Gasteiger partial charge on any atom is 0.472 e. The van der Waals surface area contributed by atoms with Crippen LogP contribution in [-0.2, 0) is 18.4 Å². The molecule has 0 bridgehead atoms. The third kappa shape index (κ3) is 48.4. The molecule has 0 rings (SSSR count). The summed E-state index contributed by atoms with van der Waals surface area (Å²) in [7, 11) is 1.54. The molecule has 9 heteroatoms. The van der Waals surface area contributed by atoms with E-state index in [1.165, 1.54) is 167 Å². The number of phosphoric acid groups is 1. The number of rotatable bonds is 49. The number of carbonyl (C=O) groups excluding carboxylic acids is 1. The summed E-state index contributed by atoms with van der Waals surface area (Å²) >= 11 is 0. The van der Waals surface area contributed by atoms with Gasteiger partial charge in [0.25, 0.3) is 0 Å². The Labute approximate surface area is 397 Å². The number of likely N-dealkylation sites (N-methyl/N-ethyl adjacent to an activating group) is 1. The first-order valence-electron chi connectivity index (χ1n) is 27.0. The van der Waals surface area contributed by atoms with Crippen LogP contribution in [0, 0.1) is 0 Å². The average molecular weight is 922 g/mol. The predicted octanol–water partition coefficient (Wildman–Crippen LogP) is 16.0. The van der Waals surface area contributed by atoms with Crippen molar-refractivity contribution in [3.05, 3.63) is 48.6 Å². The second kappa shape index (κ2) is 46.6. The topological polar surface area (TPSA) is 105 Å². The van der Waals surface area contributed by atoms with Crippen molar-refractivity contribution in [1.29, 1.82) is 0 Å². The molecule has 3 N–H and O–H groups in total. The van der Waals surface area contributed by atoms with Crippen LogP contribution in [0.5, 0.6) is 0 Å². The van der Waals surface area contributed by atoms with Crippen molar-refractivity contribution < 1.29 is 32.9 Å². The maximum atomic E-state index is 12.9. The fraction of sp³-hybridized carbons (Fsp3) is 0.836. The van der Waals surface area contributed by atoms with Crippen molar-refractivity contribution in [3.8, 4) is 0 Å². The summed E-state index contributed by atoms with van der Waals surface area (Å²) in [4.78, 5) is 23.2. The van der Waals surface area contributed by atoms with Gasteiger partial charge in [0.2, 0.25) is 5.91 Å². The lowest BCUT2D eigenvalue weighted by Crippen LogP contribution is -2.45. The van der Waals surface area contributed by atoms with Crippen LogP contribution in [0.2, 0.25) is 0 Å². The van der Waals surface area contributed by atoms with Crippen molar-refractivity contribution in [2.75, 3.05) is 40.9 Å². The lowest BCUT2D eigenvalue weighted by molar-refractivity contribution is -0.870. The van der Waals surface area contributed by atoms with Crippen molar-refractivity contribution in [1.82, 2.24) is 5.32 Å². The lowest BCUT2D eigenvalue weighted by atomic mass is 10.0. The van der Waals surface area contributed by atoms with Crippen LogP contribution in [0.3, 0.4) is 0 Å². The summed E-state index contributed by atoms with van der Waals surface area (Å²) in [6, 6.07) is -0.874. The number of hydrogen-bond acceptors (Lipinski definition) is 5. The summed E-state index contributed by atoms with van der Waals surface area (Å²) in [6.07, 6.45) is 60.7. The smallest absolute Gasteiger partial charge is 0.387 e. The van der Waals surface area contributed by atoms with E-state index in [1.807, 2.05) is 27.2 Å². The molecule has 0 aliphatic rings. The molecule has 0 saturated carbocycles. The number of amides is 1. The van der Waals surface area contributed by atoms with Crippen LogP contribution in [0.15, 0.2) is 48.6 Å². The molecule has 376 valence electrons. The fourth-order valence-electron chi connectivity index (χ4n) is 7.72. The summed E-state index contributed by atoms with van der Waals surface area (Å²) in [5.41, 5.74) is 0. The van der Waals surface area contributed by atoms with E-state index in [4.69, 9.17) is 9.05 Å². The number of hydrogen-bond donors (Lipinski definition) is 3. The van der Waals surface area contributed by atoms with Crippen molar-refractivity contribution in [2.24, 2.45) is 0 Å². The van der Waals surface area contributed by atoms with Gasteiger partial charge in [0.05, 0.1) is 39.9 Å². The zero-order chi connectivity index (χ0) is 47.1. The largest absolute Gasteiger partial charge is 0.472 e. The second-order valence-electron chi connectivity index (χ2n) is 19.6. The summed E-state index contributed by atoms with van der Waals surface area (Å²) < 4.78 is 23.6. The molecule has 8 nitrogen and oxygen atoms in total. The van der Waals surface area contributed by atoms with Gasteiger partial charge in [-0.15, -0.1) is 0 Å². The molecular weight excluding hydrogens is 816 g/mol. The highest BCUT2D eigenvalue weighted by atomic mass is 31.2. The van der Waals surface area contributed by atoms with Gasteiger partial charge in [0.1, 0.15) is 13.2 Å². The lowest BCUT2D eigenvalue weighted by Gasteiger charge is -2.25. The highest BCUT2D eigenvalue weighted by molar-refractivity contribution is 7.47. The van der Waals surface area contributed by atoms with Crippen molar-refractivity contribution >= 4 is 13.7 Å². The molecule has 0 radical (unpaired) electrons. The van der Waals surface area contributed by atoms with Gasteiger partial charge in [0.15, 0.2) is 0 Å². The number of carbonyl (C=O) groups is 1. The monoisotopic (exact) mass is 922 g/mol. The Bertz CT molecular complexity index is 1180. The number of phosphoric ester groups is 1. The number of unbranched alkanes of at least 4 members (excludes halogenated alkanes) is 30. The van der Waals surface area contributed by atoms with E-state index in [-0.39, 0.29) is 19.1 Å². The van der Waals surface area contributed by atoms with Crippen LogP contribution in [0.1, 0.15) is 245 Å². The first-order chi connectivity index (χ1) is 31.0. The first kappa shape index (κ1) is 62.5. The highest BCUT2D eigenvalue weighted by Gasteiger charge is 2.27. The molecule has 1 amide bonds. The van der Waals surface area contributed by atoms with Gasteiger partial charge in [0, 0.05) is 6.42 Å². The fourth-order valence-corrected chi connectivity index (χ4v) is 8.45. The molecule has 0 aromatic carbocycles. The summed E-state index contributed by atoms with van der Waals surface area (Å²) in [5, 5.41) is 13.9. The SMILES string of the molecule is CCCCCCCC/C=C\CCCCCCCC(=O)NC(COP(=O)(O)OCC[N+](C)(C)C)C(O)/C=C/CC/C=C/CC/C=C/CCCCCCCCCCCCCCCCCCC. The number of aliphatic hydroxyl groups excluding tert-OH is 1. The molecule has 0 aliphatic carbocycles. The predicted molar refractivity (Wildman–Crippen MR) is 277 cm³/mol. The minimum absolute atomic E-state index is 0.0512. The quantitative estimate of drug-likeness (QED) is 0.0243. The average Bonchev–Trinajstić information content (AvgIpc) is 3.25. The summed E-state index contributed by atoms with van der Waals surface area (Å²) in [6.45, 7) is 4.79. The number of allylic oxidation sites excluding steroid dienone is 7. The van der Waals surface area contributed by atoms with E-state index >= 15 is 0 Å². The van der Waals surface area contributed by atoms with Gasteiger partial charge in [-0.1, -0.05) is 217 Å². The van der Waals surface area contributed by atoms with E-state index in [9.17, 15) is 19.4 Å². The third-order valence-electron chi connectivity index (χ3n) is 12.0. The Balaban J connectivity index is 4.30. The Morgan fingerprint density at radius 1 is 0.516 bits per heavy atom. The van der Waals surface area contributed by atoms with Gasteiger partial charge < -0.3 is 19.8 Å². The zero-order valence-corrected chi connectivity index (χ0v) is 43.7. The maximum absolute atomic E-state index is 12.9. The Hall–Kier alpha value is -1.54. The molecule has 0 aliphatic heterocycles. The molecule has 3 atom stereocenters. The van der Waals surface area contributed by atoms with Gasteiger partial charge >= 0.3 is 7.82 Å². The molecule has 0 heterocycles. The standard InChI is InChI=1S/C55H105N2O6P/c1-6-8-10-12-14-16-18-20-22-23-24-25-26-27-28-29-30-31-32-33-35-36-38-40-42-44-46-48-54(58)53(52-63-64(60,61)62-51-50-57(3,4)5)56-55(59)49-47-45-43-41-39-37-34-21-19-17-15-13-11-9-7-2/h21,32-34,38,40,46,48,53-54,58H,6-20,22-31,35-37,39,41-45,47,49-52H2,1-5H3,(H-,56,59,60,61)/p+1/b33-32+,34-21-,40-38+,48-46+. The van der Waals surface area contributed by atoms with E-state index in [2.05, 4.69) is 55.6 Å². The zero-order valence-electron chi connectivity index (χ0n) is 42.8. The summed E-state index contributed by atoms with van der Waals surface area (Å²) in [5.74, 6) is -0.199. The first-order valence-corrected chi connectivity index (χ1v) is 28.5. The molecule has 0 aromatic rings. The number of quaternary nitrogens is 1. The molecule has 0 fully saturated rings.